The molecule has 0 unspecified atom stereocenters. The van der Waals surface area contributed by atoms with E-state index in [-0.39, 0.29) is 17.6 Å². The number of hydrogen-bond acceptors (Lipinski definition) is 5. The molecule has 2 atom stereocenters. The molecule has 0 aliphatic carbocycles. The Kier molecular flexibility index (Phi) is 7.49. The van der Waals surface area contributed by atoms with Gasteiger partial charge in [0.2, 0.25) is 0 Å². The number of nitrogens with zero attached hydrogens (tertiary/aromatic N) is 1. The van der Waals surface area contributed by atoms with E-state index in [9.17, 15) is 9.90 Å². The number of ether oxygens (including phenoxy) is 2. The Hall–Kier alpha value is -0.893. The van der Waals surface area contributed by atoms with Crippen LogP contribution in [0.3, 0.4) is 0 Å². The van der Waals surface area contributed by atoms with Gasteiger partial charge in [-0.1, -0.05) is 26.8 Å². The van der Waals surface area contributed by atoms with Gasteiger partial charge in [-0.25, -0.2) is 4.79 Å². The minimum Gasteiger partial charge on any atom is -0.444 e. The molecule has 0 saturated carbocycles. The van der Waals surface area contributed by atoms with Crippen LogP contribution in [0.5, 0.6) is 0 Å². The first kappa shape index (κ1) is 23.1. The third kappa shape index (κ3) is 6.37. The van der Waals surface area contributed by atoms with E-state index in [1.54, 1.807) is 12.0 Å². The number of aliphatic hydroxyl groups excluding tert-OH is 1. The molecule has 0 radical (unpaired) electrons. The molecular formula is C19H37NO5Si. The van der Waals surface area contributed by atoms with Crippen LogP contribution in [-0.2, 0) is 13.9 Å². The van der Waals surface area contributed by atoms with Gasteiger partial charge in [0.25, 0.3) is 0 Å². The summed E-state index contributed by atoms with van der Waals surface area (Å²) in [4.78, 5) is 14.2. The van der Waals surface area contributed by atoms with Crippen molar-refractivity contribution in [1.82, 2.24) is 4.90 Å². The van der Waals surface area contributed by atoms with Gasteiger partial charge in [-0.2, -0.15) is 0 Å². The fourth-order valence-electron chi connectivity index (χ4n) is 2.38. The minimum absolute atomic E-state index is 0.0804. The zero-order valence-corrected chi connectivity index (χ0v) is 18.9. The van der Waals surface area contributed by atoms with E-state index in [1.165, 1.54) is 0 Å². The summed E-state index contributed by atoms with van der Waals surface area (Å²) in [5.74, 6) is 0. The van der Waals surface area contributed by atoms with E-state index in [0.717, 1.165) is 5.57 Å². The van der Waals surface area contributed by atoms with Gasteiger partial charge in [-0.05, 0) is 44.5 Å². The van der Waals surface area contributed by atoms with Crippen LogP contribution in [0.15, 0.2) is 11.6 Å². The zero-order chi connectivity index (χ0) is 20.3. The molecule has 6 nitrogen and oxygen atoms in total. The van der Waals surface area contributed by atoms with Crippen molar-refractivity contribution in [1.29, 1.82) is 0 Å². The van der Waals surface area contributed by atoms with Crippen molar-refractivity contribution in [2.24, 2.45) is 0 Å². The average Bonchev–Trinajstić information content (AvgIpc) is 2.44. The third-order valence-corrected chi connectivity index (χ3v) is 9.47. The van der Waals surface area contributed by atoms with Crippen molar-refractivity contribution >= 4 is 14.4 Å². The first-order valence-corrected chi connectivity index (χ1v) is 12.1. The predicted octanol–water partition coefficient (Wildman–Crippen LogP) is 3.56. The molecule has 1 aliphatic heterocycles. The SMILES string of the molecule is COCC1=C[C@@H](CO[Si](C)(C)C(C)(C)C)N(C(=O)OC(C)(C)C)C[C@H]1O. The second-order valence-electron chi connectivity index (χ2n) is 9.46. The van der Waals surface area contributed by atoms with E-state index in [1.807, 2.05) is 26.8 Å². The number of amides is 1. The molecule has 0 aromatic rings. The number of methoxy groups -OCH3 is 1. The molecule has 0 fully saturated rings. The normalized spacial score (nSPS) is 22.2. The summed E-state index contributed by atoms with van der Waals surface area (Å²) >= 11 is 0. The molecule has 0 spiro atoms. The van der Waals surface area contributed by atoms with Crippen molar-refractivity contribution in [3.63, 3.8) is 0 Å². The second kappa shape index (κ2) is 8.42. The summed E-state index contributed by atoms with van der Waals surface area (Å²) in [6.45, 7) is 17.3. The first-order chi connectivity index (χ1) is 11.7. The van der Waals surface area contributed by atoms with Crippen LogP contribution in [0, 0.1) is 0 Å². The maximum Gasteiger partial charge on any atom is 0.410 e. The lowest BCUT2D eigenvalue weighted by molar-refractivity contribution is 0.000996. The molecule has 0 bridgehead atoms. The van der Waals surface area contributed by atoms with Crippen LogP contribution in [-0.4, -0.2) is 69.0 Å². The molecule has 1 amide bonds. The van der Waals surface area contributed by atoms with Crippen LogP contribution in [0.1, 0.15) is 41.5 Å². The fourth-order valence-corrected chi connectivity index (χ4v) is 3.40. The van der Waals surface area contributed by atoms with Crippen LogP contribution in [0.4, 0.5) is 4.79 Å². The summed E-state index contributed by atoms with van der Waals surface area (Å²) in [6, 6.07) is -0.285. The molecule has 1 aliphatic rings. The molecule has 26 heavy (non-hydrogen) atoms. The van der Waals surface area contributed by atoms with Crippen LogP contribution < -0.4 is 0 Å². The second-order valence-corrected chi connectivity index (χ2v) is 14.3. The average molecular weight is 388 g/mol. The number of β-amino-alcohol motifs (C(OH)–C–C–N with tert-alkyl or cyclic N) is 1. The van der Waals surface area contributed by atoms with Crippen molar-refractivity contribution in [3.8, 4) is 0 Å². The van der Waals surface area contributed by atoms with E-state index in [2.05, 4.69) is 33.9 Å². The monoisotopic (exact) mass is 387 g/mol. The largest absolute Gasteiger partial charge is 0.444 e. The summed E-state index contributed by atoms with van der Waals surface area (Å²) in [5, 5.41) is 10.4. The van der Waals surface area contributed by atoms with Gasteiger partial charge in [0, 0.05) is 7.11 Å². The van der Waals surface area contributed by atoms with E-state index < -0.39 is 26.1 Å². The van der Waals surface area contributed by atoms with Gasteiger partial charge in [0.1, 0.15) is 5.60 Å². The maximum atomic E-state index is 12.6. The summed E-state index contributed by atoms with van der Waals surface area (Å²) in [5.41, 5.74) is 0.180. The number of carbonyl (C=O) groups is 1. The third-order valence-electron chi connectivity index (χ3n) is 4.96. The van der Waals surface area contributed by atoms with E-state index >= 15 is 0 Å². The molecule has 0 aromatic heterocycles. The van der Waals surface area contributed by atoms with Gasteiger partial charge in [0.15, 0.2) is 8.32 Å². The van der Waals surface area contributed by atoms with Gasteiger partial charge in [-0.15, -0.1) is 0 Å². The summed E-state index contributed by atoms with van der Waals surface area (Å²) in [7, 11) is -0.367. The van der Waals surface area contributed by atoms with Crippen molar-refractivity contribution in [2.45, 2.75) is 77.4 Å². The Morgan fingerprint density at radius 2 is 1.85 bits per heavy atom. The Morgan fingerprint density at radius 1 is 1.27 bits per heavy atom. The molecule has 1 rings (SSSR count). The Bertz CT molecular complexity index is 519. The highest BCUT2D eigenvalue weighted by molar-refractivity contribution is 6.74. The quantitative estimate of drug-likeness (QED) is 0.577. The number of carbonyl (C=O) groups excluding carboxylic acids is 1. The predicted molar refractivity (Wildman–Crippen MR) is 106 cm³/mol. The lowest BCUT2D eigenvalue weighted by Gasteiger charge is -2.41. The summed E-state index contributed by atoms with van der Waals surface area (Å²) < 4.78 is 17.0. The number of rotatable bonds is 5. The Balaban J connectivity index is 3.02. The topological polar surface area (TPSA) is 68.2 Å². The lowest BCUT2D eigenvalue weighted by Crippen LogP contribution is -2.53. The van der Waals surface area contributed by atoms with E-state index in [0.29, 0.717) is 13.2 Å². The lowest BCUT2D eigenvalue weighted by atomic mass is 10.0. The first-order valence-electron chi connectivity index (χ1n) is 9.19. The highest BCUT2D eigenvalue weighted by Crippen LogP contribution is 2.37. The smallest absolute Gasteiger partial charge is 0.410 e. The van der Waals surface area contributed by atoms with Crippen LogP contribution in [0.2, 0.25) is 18.1 Å². The van der Waals surface area contributed by atoms with Crippen molar-refractivity contribution < 1.29 is 23.8 Å². The van der Waals surface area contributed by atoms with Crippen molar-refractivity contribution in [2.75, 3.05) is 26.9 Å². The summed E-state index contributed by atoms with van der Waals surface area (Å²) in [6.07, 6.45) is 0.689. The fraction of sp³-hybridized carbons (Fsp3) is 0.842. The Labute approximate surface area is 159 Å². The molecule has 0 saturated heterocycles. The Morgan fingerprint density at radius 3 is 2.31 bits per heavy atom. The van der Waals surface area contributed by atoms with Gasteiger partial charge in [0.05, 0.1) is 31.9 Å². The number of hydrogen-bond donors (Lipinski definition) is 1. The van der Waals surface area contributed by atoms with Gasteiger partial charge < -0.3 is 19.0 Å². The maximum absolute atomic E-state index is 12.6. The van der Waals surface area contributed by atoms with Crippen LogP contribution in [0.25, 0.3) is 0 Å². The minimum atomic E-state index is -1.96. The van der Waals surface area contributed by atoms with Crippen molar-refractivity contribution in [3.05, 3.63) is 11.6 Å². The molecule has 1 heterocycles. The highest BCUT2D eigenvalue weighted by atomic mass is 28.4. The highest BCUT2D eigenvalue weighted by Gasteiger charge is 2.40. The van der Waals surface area contributed by atoms with Gasteiger partial charge >= 0.3 is 6.09 Å². The van der Waals surface area contributed by atoms with E-state index in [4.69, 9.17) is 13.9 Å². The van der Waals surface area contributed by atoms with Crippen LogP contribution >= 0.6 is 0 Å². The van der Waals surface area contributed by atoms with Gasteiger partial charge in [-0.3, -0.25) is 4.90 Å². The molecular weight excluding hydrogens is 350 g/mol. The molecule has 1 N–H and O–H groups in total. The standard InChI is InChI=1S/C19H37NO5Si/c1-18(2,3)25-17(22)20-11-16(21)14(12-23-7)10-15(20)13-24-26(8,9)19(4,5)6/h10,15-16,21H,11-13H2,1-9H3/t15-,16+/m0/s1. The molecule has 152 valence electrons. The zero-order valence-electron chi connectivity index (χ0n) is 17.9. The number of aliphatic hydroxyl groups is 1. The molecule has 7 heteroatoms. The molecule has 0 aromatic carbocycles.